The summed E-state index contributed by atoms with van der Waals surface area (Å²) in [4.78, 5) is 41.4. The molecule has 2 atom stereocenters. The lowest BCUT2D eigenvalue weighted by molar-refractivity contribution is -0.150. The second-order valence-electron chi connectivity index (χ2n) is 5.40. The third-order valence-corrected chi connectivity index (χ3v) is 5.98. The summed E-state index contributed by atoms with van der Waals surface area (Å²) in [5.74, 6) is -1.38. The molecule has 3 heterocycles. The molecular weight excluding hydrogens is 350 g/mol. The van der Waals surface area contributed by atoms with Crippen molar-refractivity contribution in [2.45, 2.75) is 25.3 Å². The number of thiazole rings is 1. The van der Waals surface area contributed by atoms with Crippen molar-refractivity contribution in [1.29, 1.82) is 0 Å². The predicted octanol–water partition coefficient (Wildman–Crippen LogP) is 1.22. The number of β-lactam (4-membered cyclic amide) rings is 1. The Morgan fingerprint density at radius 3 is 2.79 bits per heavy atom. The molecule has 2 amide bonds. The van der Waals surface area contributed by atoms with Crippen molar-refractivity contribution in [3.8, 4) is 0 Å². The monoisotopic (exact) mass is 365 g/mol. The minimum absolute atomic E-state index is 0.0104. The second kappa shape index (κ2) is 6.40. The van der Waals surface area contributed by atoms with Gasteiger partial charge in [0.2, 0.25) is 5.91 Å². The predicted molar refractivity (Wildman–Crippen MR) is 91.2 cm³/mol. The summed E-state index contributed by atoms with van der Waals surface area (Å²) < 4.78 is 0. The number of aryl methyl sites for hydroxylation is 1. The number of hydrogen-bond acceptors (Lipinski definition) is 6. The van der Waals surface area contributed by atoms with Gasteiger partial charge in [-0.1, -0.05) is 6.08 Å². The number of nitrogens with zero attached hydrogens (tertiary/aromatic N) is 2. The second-order valence-corrected chi connectivity index (χ2v) is 7.39. The van der Waals surface area contributed by atoms with Gasteiger partial charge >= 0.3 is 5.97 Å². The largest absolute Gasteiger partial charge is 0.477 e. The van der Waals surface area contributed by atoms with Crippen molar-refractivity contribution < 1.29 is 19.5 Å². The highest BCUT2D eigenvalue weighted by Crippen LogP contribution is 2.40. The molecule has 2 aliphatic heterocycles. The summed E-state index contributed by atoms with van der Waals surface area (Å²) in [6.07, 6.45) is 3.55. The number of carboxylic acids is 1. The van der Waals surface area contributed by atoms with Gasteiger partial charge in [-0.3, -0.25) is 14.5 Å². The lowest BCUT2D eigenvalue weighted by atomic mass is 10.0. The Morgan fingerprint density at radius 2 is 2.21 bits per heavy atom. The molecule has 3 rings (SSSR count). The lowest BCUT2D eigenvalue weighted by Gasteiger charge is -2.49. The fourth-order valence-electron chi connectivity index (χ4n) is 2.64. The van der Waals surface area contributed by atoms with Crippen molar-refractivity contribution in [2.75, 3.05) is 5.75 Å². The van der Waals surface area contributed by atoms with Crippen molar-refractivity contribution in [1.82, 2.24) is 15.2 Å². The smallest absolute Gasteiger partial charge is 0.352 e. The molecule has 1 aromatic rings. The zero-order chi connectivity index (χ0) is 17.4. The van der Waals surface area contributed by atoms with Crippen LogP contribution in [0.25, 0.3) is 6.08 Å². The molecule has 1 aromatic heterocycles. The maximum atomic E-state index is 12.2. The van der Waals surface area contributed by atoms with Crippen LogP contribution >= 0.6 is 23.1 Å². The van der Waals surface area contributed by atoms with E-state index in [-0.39, 0.29) is 22.9 Å². The third kappa shape index (κ3) is 2.84. The van der Waals surface area contributed by atoms with Gasteiger partial charge in [0, 0.05) is 17.6 Å². The van der Waals surface area contributed by atoms with Gasteiger partial charge < -0.3 is 10.4 Å². The van der Waals surface area contributed by atoms with Gasteiger partial charge in [0.15, 0.2) is 0 Å². The number of thioether (sulfide) groups is 1. The molecule has 126 valence electrons. The van der Waals surface area contributed by atoms with Gasteiger partial charge in [-0.2, -0.15) is 0 Å². The SMILES string of the molecule is CC(=O)NC1C(=O)N2C(C(=O)O)=C(C=Cc3scnc3C)CS[C@H]12. The van der Waals surface area contributed by atoms with Crippen LogP contribution in [-0.2, 0) is 14.4 Å². The summed E-state index contributed by atoms with van der Waals surface area (Å²) in [6, 6.07) is -0.656. The van der Waals surface area contributed by atoms with E-state index in [9.17, 15) is 19.5 Å². The number of carbonyl (C=O) groups excluding carboxylic acids is 2. The summed E-state index contributed by atoms with van der Waals surface area (Å²) in [6.45, 7) is 3.22. The molecule has 1 fully saturated rings. The number of rotatable bonds is 4. The Morgan fingerprint density at radius 1 is 1.46 bits per heavy atom. The molecule has 0 saturated carbocycles. The summed E-state index contributed by atoms with van der Waals surface area (Å²) in [5, 5.41) is 11.7. The number of nitrogens with one attached hydrogen (secondary N) is 1. The number of aliphatic carboxylic acids is 1. The maximum absolute atomic E-state index is 12.2. The first-order valence-corrected chi connectivity index (χ1v) is 9.09. The van der Waals surface area contributed by atoms with Crippen LogP contribution in [0.4, 0.5) is 0 Å². The number of fused-ring (bicyclic) bond motifs is 1. The summed E-state index contributed by atoms with van der Waals surface area (Å²) >= 11 is 2.91. The van der Waals surface area contributed by atoms with E-state index in [4.69, 9.17) is 0 Å². The quantitative estimate of drug-likeness (QED) is 0.779. The van der Waals surface area contributed by atoms with E-state index < -0.39 is 12.0 Å². The minimum Gasteiger partial charge on any atom is -0.477 e. The molecule has 9 heteroatoms. The van der Waals surface area contributed by atoms with E-state index in [0.29, 0.717) is 11.3 Å². The van der Waals surface area contributed by atoms with E-state index in [2.05, 4.69) is 10.3 Å². The van der Waals surface area contributed by atoms with Crippen LogP contribution in [-0.4, -0.2) is 49.9 Å². The third-order valence-electron chi connectivity index (χ3n) is 3.78. The standard InChI is InChI=1S/C15H15N3O4S2/c1-7-10(24-6-16-7)4-3-9-5-23-14-11(17-8(2)19)13(20)18(14)12(9)15(21)22/h3-4,6,11,14H,5H2,1-2H3,(H,17,19)(H,21,22)/t11?,14-/m1/s1. The highest BCUT2D eigenvalue weighted by Gasteiger charge is 2.53. The molecule has 2 aliphatic rings. The first kappa shape index (κ1) is 16.7. The van der Waals surface area contributed by atoms with Crippen molar-refractivity contribution >= 4 is 47.0 Å². The van der Waals surface area contributed by atoms with Crippen LogP contribution in [0.5, 0.6) is 0 Å². The Hall–Kier alpha value is -2.13. The molecule has 0 aliphatic carbocycles. The van der Waals surface area contributed by atoms with Crippen molar-refractivity contribution in [3.63, 3.8) is 0 Å². The molecule has 0 spiro atoms. The molecule has 24 heavy (non-hydrogen) atoms. The normalized spacial score (nSPS) is 23.2. The van der Waals surface area contributed by atoms with Crippen LogP contribution in [0.2, 0.25) is 0 Å². The van der Waals surface area contributed by atoms with E-state index >= 15 is 0 Å². The molecule has 0 bridgehead atoms. The Kier molecular flexibility index (Phi) is 4.46. The van der Waals surface area contributed by atoms with Crippen molar-refractivity contribution in [3.05, 3.63) is 33.4 Å². The topological polar surface area (TPSA) is 99.6 Å². The van der Waals surface area contributed by atoms with E-state index in [1.54, 1.807) is 11.6 Å². The lowest BCUT2D eigenvalue weighted by Crippen LogP contribution is -2.70. The molecule has 1 unspecified atom stereocenters. The van der Waals surface area contributed by atoms with Crippen LogP contribution in [0.15, 0.2) is 22.9 Å². The minimum atomic E-state index is -1.14. The summed E-state index contributed by atoms with van der Waals surface area (Å²) in [7, 11) is 0. The number of hydrogen-bond donors (Lipinski definition) is 2. The van der Waals surface area contributed by atoms with E-state index in [1.165, 1.54) is 34.9 Å². The highest BCUT2D eigenvalue weighted by molar-refractivity contribution is 8.00. The van der Waals surface area contributed by atoms with Crippen LogP contribution < -0.4 is 5.32 Å². The van der Waals surface area contributed by atoms with Crippen LogP contribution in [0.1, 0.15) is 17.5 Å². The molecule has 2 N–H and O–H groups in total. The Labute approximate surface area is 146 Å². The molecule has 0 aromatic carbocycles. The fraction of sp³-hybridized carbons (Fsp3) is 0.333. The Bertz CT molecular complexity index is 783. The first-order chi connectivity index (χ1) is 11.4. The van der Waals surface area contributed by atoms with Gasteiger partial charge in [-0.25, -0.2) is 9.78 Å². The first-order valence-electron chi connectivity index (χ1n) is 7.16. The van der Waals surface area contributed by atoms with Crippen LogP contribution in [0, 0.1) is 6.92 Å². The molecular formula is C15H15N3O4S2. The number of aromatic nitrogens is 1. The van der Waals surface area contributed by atoms with Crippen LogP contribution in [0.3, 0.4) is 0 Å². The van der Waals surface area contributed by atoms with Gasteiger partial charge in [0.1, 0.15) is 17.1 Å². The number of carboxylic acid groups (broad SMARTS) is 1. The van der Waals surface area contributed by atoms with Gasteiger partial charge in [-0.15, -0.1) is 23.1 Å². The van der Waals surface area contributed by atoms with Gasteiger partial charge in [0.05, 0.1) is 11.2 Å². The average Bonchev–Trinajstić information content (AvgIpc) is 2.94. The molecule has 0 radical (unpaired) electrons. The van der Waals surface area contributed by atoms with E-state index in [1.807, 2.05) is 13.0 Å². The Balaban J connectivity index is 1.89. The average molecular weight is 365 g/mol. The maximum Gasteiger partial charge on any atom is 0.352 e. The highest BCUT2D eigenvalue weighted by atomic mass is 32.2. The fourth-order valence-corrected chi connectivity index (χ4v) is 4.65. The molecule has 7 nitrogen and oxygen atoms in total. The number of amides is 2. The van der Waals surface area contributed by atoms with Crippen molar-refractivity contribution in [2.24, 2.45) is 0 Å². The summed E-state index contributed by atoms with van der Waals surface area (Å²) in [5.41, 5.74) is 3.17. The van der Waals surface area contributed by atoms with Gasteiger partial charge in [0.25, 0.3) is 5.91 Å². The number of allylic oxidation sites excluding steroid dienone is 1. The zero-order valence-electron chi connectivity index (χ0n) is 13.0. The van der Waals surface area contributed by atoms with E-state index in [0.717, 1.165) is 10.6 Å². The zero-order valence-corrected chi connectivity index (χ0v) is 14.6. The number of carbonyl (C=O) groups is 3. The van der Waals surface area contributed by atoms with Gasteiger partial charge in [-0.05, 0) is 18.6 Å². The molecule has 1 saturated heterocycles.